The van der Waals surface area contributed by atoms with Gasteiger partial charge in [-0.1, -0.05) is 19.4 Å². The Morgan fingerprint density at radius 1 is 1.33 bits per heavy atom. The van der Waals surface area contributed by atoms with E-state index in [1.807, 2.05) is 13.0 Å². The van der Waals surface area contributed by atoms with E-state index in [-0.39, 0.29) is 0 Å². The Morgan fingerprint density at radius 2 is 2.10 bits per heavy atom. The van der Waals surface area contributed by atoms with Crippen LogP contribution in [-0.2, 0) is 0 Å². The number of nitrogens with one attached hydrogen (secondary N) is 1. The van der Waals surface area contributed by atoms with Crippen LogP contribution >= 0.6 is 0 Å². The molecular weight excluding hydrogens is 258 g/mol. The Morgan fingerprint density at radius 3 is 2.76 bits per heavy atom. The molecule has 3 nitrogen and oxygen atoms in total. The van der Waals surface area contributed by atoms with Crippen LogP contribution in [0.2, 0.25) is 0 Å². The highest BCUT2D eigenvalue weighted by Gasteiger charge is 2.26. The third-order valence-corrected chi connectivity index (χ3v) is 4.25. The van der Waals surface area contributed by atoms with Gasteiger partial charge in [0.1, 0.15) is 0 Å². The van der Waals surface area contributed by atoms with Crippen LogP contribution in [-0.4, -0.2) is 23.8 Å². The van der Waals surface area contributed by atoms with Gasteiger partial charge >= 0.3 is 0 Å². The monoisotopic (exact) mass is 281 g/mol. The Bertz CT molecular complexity index is 686. The highest BCUT2D eigenvalue weighted by atomic mass is 15.2. The number of hydrogen-bond acceptors (Lipinski definition) is 3. The standard InChI is InChI=1S/C18H23N3/c1-4-5-17(19)16-10-12(2)20-18-11-14(8-9-15(16)18)21(3)13-6-7-13/h8-11,13,19H,4-7H2,1-3H3. The molecule has 2 aromatic rings. The lowest BCUT2D eigenvalue weighted by atomic mass is 10.00. The molecule has 1 aliphatic rings. The van der Waals surface area contributed by atoms with Gasteiger partial charge < -0.3 is 10.3 Å². The predicted molar refractivity (Wildman–Crippen MR) is 89.6 cm³/mol. The number of benzene rings is 1. The third kappa shape index (κ3) is 2.78. The number of anilines is 1. The molecular formula is C18H23N3. The summed E-state index contributed by atoms with van der Waals surface area (Å²) < 4.78 is 0. The zero-order chi connectivity index (χ0) is 15.0. The van der Waals surface area contributed by atoms with Crippen molar-refractivity contribution < 1.29 is 0 Å². The number of aryl methyl sites for hydroxylation is 1. The van der Waals surface area contributed by atoms with E-state index >= 15 is 0 Å². The van der Waals surface area contributed by atoms with Crippen LogP contribution in [0.4, 0.5) is 5.69 Å². The average Bonchev–Trinajstić information content (AvgIpc) is 3.29. The minimum atomic E-state index is 0.699. The first-order valence-corrected chi connectivity index (χ1v) is 7.82. The van der Waals surface area contributed by atoms with E-state index in [4.69, 9.17) is 5.41 Å². The van der Waals surface area contributed by atoms with Gasteiger partial charge in [0.25, 0.3) is 0 Å². The van der Waals surface area contributed by atoms with Crippen molar-refractivity contribution >= 4 is 22.3 Å². The fourth-order valence-electron chi connectivity index (χ4n) is 2.88. The number of fused-ring (bicyclic) bond motifs is 1. The molecule has 1 saturated carbocycles. The highest BCUT2D eigenvalue weighted by molar-refractivity contribution is 6.09. The molecule has 0 aliphatic heterocycles. The van der Waals surface area contributed by atoms with Gasteiger partial charge in [-0.2, -0.15) is 0 Å². The predicted octanol–water partition coefficient (Wildman–Crippen LogP) is 4.31. The Balaban J connectivity index is 2.07. The summed E-state index contributed by atoms with van der Waals surface area (Å²) in [5, 5.41) is 9.39. The summed E-state index contributed by atoms with van der Waals surface area (Å²) in [6.45, 7) is 4.13. The second kappa shape index (κ2) is 5.47. The fourth-order valence-corrected chi connectivity index (χ4v) is 2.88. The van der Waals surface area contributed by atoms with Crippen LogP contribution in [0.15, 0.2) is 24.3 Å². The van der Waals surface area contributed by atoms with Gasteiger partial charge in [-0.15, -0.1) is 0 Å². The normalized spacial score (nSPS) is 14.4. The summed E-state index contributed by atoms with van der Waals surface area (Å²) in [5.41, 5.74) is 4.99. The molecule has 21 heavy (non-hydrogen) atoms. The molecule has 0 spiro atoms. The molecule has 3 heteroatoms. The van der Waals surface area contributed by atoms with Gasteiger partial charge in [0.2, 0.25) is 0 Å². The summed E-state index contributed by atoms with van der Waals surface area (Å²) >= 11 is 0. The summed E-state index contributed by atoms with van der Waals surface area (Å²) in [5.74, 6) is 0. The van der Waals surface area contributed by atoms with E-state index in [1.165, 1.54) is 18.5 Å². The van der Waals surface area contributed by atoms with Crippen LogP contribution in [0.5, 0.6) is 0 Å². The molecule has 0 saturated heterocycles. The summed E-state index contributed by atoms with van der Waals surface area (Å²) in [4.78, 5) is 7.03. The van der Waals surface area contributed by atoms with Gasteiger partial charge in [-0.25, -0.2) is 0 Å². The Labute approximate surface area is 126 Å². The SMILES string of the molecule is CCCC(=N)c1cc(C)nc2cc(N(C)C3CC3)ccc12. The fraction of sp³-hybridized carbons (Fsp3) is 0.444. The number of rotatable bonds is 5. The van der Waals surface area contributed by atoms with Crippen molar-refractivity contribution in [3.63, 3.8) is 0 Å². The van der Waals surface area contributed by atoms with Gasteiger partial charge in [0.15, 0.2) is 0 Å². The smallest absolute Gasteiger partial charge is 0.0732 e. The van der Waals surface area contributed by atoms with Crippen molar-refractivity contribution in [3.05, 3.63) is 35.5 Å². The van der Waals surface area contributed by atoms with E-state index < -0.39 is 0 Å². The first-order valence-electron chi connectivity index (χ1n) is 7.82. The van der Waals surface area contributed by atoms with Gasteiger partial charge in [0.05, 0.1) is 5.52 Å². The van der Waals surface area contributed by atoms with Gasteiger partial charge in [-0.3, -0.25) is 4.98 Å². The maximum absolute atomic E-state index is 8.29. The quantitative estimate of drug-likeness (QED) is 0.830. The van der Waals surface area contributed by atoms with Gasteiger partial charge in [-0.05, 0) is 44.4 Å². The van der Waals surface area contributed by atoms with Crippen LogP contribution in [0.1, 0.15) is 43.9 Å². The maximum Gasteiger partial charge on any atom is 0.0732 e. The zero-order valence-corrected chi connectivity index (χ0v) is 13.1. The minimum absolute atomic E-state index is 0.699. The molecule has 0 unspecified atom stereocenters. The number of aromatic nitrogens is 1. The van der Waals surface area contributed by atoms with Crippen molar-refractivity contribution in [2.45, 2.75) is 45.6 Å². The van der Waals surface area contributed by atoms with E-state index in [0.717, 1.165) is 40.7 Å². The van der Waals surface area contributed by atoms with Crippen molar-refractivity contribution in [1.82, 2.24) is 4.98 Å². The van der Waals surface area contributed by atoms with Crippen LogP contribution in [0, 0.1) is 12.3 Å². The second-order valence-corrected chi connectivity index (χ2v) is 6.08. The van der Waals surface area contributed by atoms with Crippen LogP contribution in [0.25, 0.3) is 10.9 Å². The molecule has 3 rings (SSSR count). The minimum Gasteiger partial charge on any atom is -0.372 e. The molecule has 1 aromatic heterocycles. The first-order chi connectivity index (χ1) is 10.1. The van der Waals surface area contributed by atoms with Crippen LogP contribution in [0.3, 0.4) is 0 Å². The van der Waals surface area contributed by atoms with Crippen molar-refractivity contribution in [2.75, 3.05) is 11.9 Å². The maximum atomic E-state index is 8.29. The average molecular weight is 281 g/mol. The molecule has 1 fully saturated rings. The third-order valence-electron chi connectivity index (χ3n) is 4.25. The highest BCUT2D eigenvalue weighted by Crippen LogP contribution is 2.32. The Kier molecular flexibility index (Phi) is 3.66. The molecule has 1 aliphatic carbocycles. The van der Waals surface area contributed by atoms with Crippen LogP contribution < -0.4 is 4.90 Å². The molecule has 0 atom stereocenters. The lowest BCUT2D eigenvalue weighted by Gasteiger charge is -2.19. The van der Waals surface area contributed by atoms with E-state index in [1.54, 1.807) is 0 Å². The Hall–Kier alpha value is -1.90. The van der Waals surface area contributed by atoms with Gasteiger partial charge in [0, 0.05) is 41.1 Å². The number of pyridine rings is 1. The van der Waals surface area contributed by atoms with Crippen molar-refractivity contribution in [2.24, 2.45) is 0 Å². The topological polar surface area (TPSA) is 40.0 Å². The van der Waals surface area contributed by atoms with E-state index in [0.29, 0.717) is 6.04 Å². The second-order valence-electron chi connectivity index (χ2n) is 6.08. The van der Waals surface area contributed by atoms with E-state index in [2.05, 4.69) is 42.1 Å². The first kappa shape index (κ1) is 14.1. The largest absolute Gasteiger partial charge is 0.372 e. The number of hydrogen-bond donors (Lipinski definition) is 1. The summed E-state index contributed by atoms with van der Waals surface area (Å²) in [6.07, 6.45) is 4.41. The molecule has 0 bridgehead atoms. The summed E-state index contributed by atoms with van der Waals surface area (Å²) in [7, 11) is 2.16. The molecule has 0 radical (unpaired) electrons. The van der Waals surface area contributed by atoms with Crippen molar-refractivity contribution in [3.8, 4) is 0 Å². The molecule has 0 amide bonds. The molecule has 110 valence electrons. The lowest BCUT2D eigenvalue weighted by Crippen LogP contribution is -2.19. The summed E-state index contributed by atoms with van der Waals surface area (Å²) in [6, 6.07) is 9.22. The zero-order valence-electron chi connectivity index (χ0n) is 13.1. The molecule has 1 N–H and O–H groups in total. The molecule has 1 aromatic carbocycles. The molecule has 1 heterocycles. The lowest BCUT2D eigenvalue weighted by molar-refractivity contribution is 0.918. The van der Waals surface area contributed by atoms with Crippen molar-refractivity contribution in [1.29, 1.82) is 5.41 Å². The number of nitrogens with zero attached hydrogens (tertiary/aromatic N) is 2. The van der Waals surface area contributed by atoms with E-state index in [9.17, 15) is 0 Å².